The topological polar surface area (TPSA) is 175 Å². The zero-order valence-electron chi connectivity index (χ0n) is 14.4. The summed E-state index contributed by atoms with van der Waals surface area (Å²) in [5, 5.41) is 23.6. The number of nitrogens with two attached hydrogens (primary N) is 2. The van der Waals surface area contributed by atoms with Gasteiger partial charge in [0.1, 0.15) is 17.9 Å². The summed E-state index contributed by atoms with van der Waals surface area (Å²) in [6.07, 6.45) is 2.87. The lowest BCUT2D eigenvalue weighted by Gasteiger charge is -2.05. The number of hydrogen-bond acceptors (Lipinski definition) is 6. The first-order valence-corrected chi connectivity index (χ1v) is 8.40. The van der Waals surface area contributed by atoms with Gasteiger partial charge in [-0.1, -0.05) is 0 Å². The van der Waals surface area contributed by atoms with Crippen molar-refractivity contribution in [3.8, 4) is 0 Å². The van der Waals surface area contributed by atoms with Gasteiger partial charge in [0.2, 0.25) is 0 Å². The number of amidine groups is 1. The second kappa shape index (κ2) is 10.6. The average Bonchev–Trinajstić information content (AvgIpc) is 2.90. The van der Waals surface area contributed by atoms with E-state index in [9.17, 15) is 9.59 Å². The first-order chi connectivity index (χ1) is 11.8. The standard InChI is InChI=1S/C15H28N6O4/c1-9-12(18-7-3-2-5-10(16)13(22)23)21-15(20-9)19-8-4-6-11(17)14(24)25/h9-11H,2-8,16-17H2,1H3,(H,22,23)(H,24,25)(H2,18,19,20,21)/t9?,10-,11-/m0/s1. The van der Waals surface area contributed by atoms with E-state index in [1.165, 1.54) is 0 Å². The number of rotatable bonds is 11. The Morgan fingerprint density at radius 3 is 2.20 bits per heavy atom. The van der Waals surface area contributed by atoms with Crippen LogP contribution in [0.25, 0.3) is 0 Å². The molecule has 3 atom stereocenters. The van der Waals surface area contributed by atoms with E-state index < -0.39 is 24.0 Å². The highest BCUT2D eigenvalue weighted by Gasteiger charge is 2.21. The zero-order valence-corrected chi connectivity index (χ0v) is 14.4. The number of carboxylic acid groups (broad SMARTS) is 2. The zero-order chi connectivity index (χ0) is 18.8. The van der Waals surface area contributed by atoms with Crippen molar-refractivity contribution in [3.05, 3.63) is 0 Å². The molecule has 0 aliphatic carbocycles. The molecule has 1 saturated heterocycles. The van der Waals surface area contributed by atoms with Crippen LogP contribution in [-0.4, -0.2) is 65.2 Å². The van der Waals surface area contributed by atoms with Gasteiger partial charge in [0.25, 0.3) is 0 Å². The number of aliphatic carboxylic acids is 2. The van der Waals surface area contributed by atoms with Gasteiger partial charge in [0.15, 0.2) is 5.96 Å². The summed E-state index contributed by atoms with van der Waals surface area (Å²) in [5.41, 5.74) is 10.9. The fourth-order valence-corrected chi connectivity index (χ4v) is 2.23. The molecule has 1 fully saturated rings. The van der Waals surface area contributed by atoms with Crippen LogP contribution < -0.4 is 22.1 Å². The molecule has 142 valence electrons. The molecule has 0 amide bonds. The minimum atomic E-state index is -1.00. The van der Waals surface area contributed by atoms with Crippen LogP contribution in [0.3, 0.4) is 0 Å². The van der Waals surface area contributed by atoms with Crippen molar-refractivity contribution in [2.45, 2.75) is 57.2 Å². The molecule has 1 aliphatic heterocycles. The fraction of sp³-hybridized carbons (Fsp3) is 0.733. The smallest absolute Gasteiger partial charge is 0.320 e. The molecule has 0 bridgehead atoms. The maximum atomic E-state index is 10.6. The van der Waals surface area contributed by atoms with Gasteiger partial charge in [0, 0.05) is 13.1 Å². The van der Waals surface area contributed by atoms with Crippen LogP contribution in [0.4, 0.5) is 0 Å². The number of nitrogens with one attached hydrogen (secondary N) is 2. The highest BCUT2D eigenvalue weighted by Crippen LogP contribution is 2.02. The molecule has 25 heavy (non-hydrogen) atoms. The molecular weight excluding hydrogens is 328 g/mol. The van der Waals surface area contributed by atoms with E-state index in [-0.39, 0.29) is 6.04 Å². The quantitative estimate of drug-likeness (QED) is 0.258. The summed E-state index contributed by atoms with van der Waals surface area (Å²) in [6, 6.07) is -1.65. The highest BCUT2D eigenvalue weighted by atomic mass is 16.4. The number of unbranched alkanes of at least 4 members (excludes halogenated alkanes) is 1. The Hall–Kier alpha value is -2.20. The van der Waals surface area contributed by atoms with Crippen LogP contribution in [0.5, 0.6) is 0 Å². The molecule has 0 aromatic rings. The third-order valence-electron chi connectivity index (χ3n) is 3.79. The lowest BCUT2D eigenvalue weighted by molar-refractivity contribution is -0.139. The Kier molecular flexibility index (Phi) is 8.86. The Morgan fingerprint density at radius 2 is 1.60 bits per heavy atom. The summed E-state index contributed by atoms with van der Waals surface area (Å²) in [7, 11) is 0. The maximum Gasteiger partial charge on any atom is 0.320 e. The van der Waals surface area contributed by atoms with E-state index >= 15 is 0 Å². The lowest BCUT2D eigenvalue weighted by Crippen LogP contribution is -2.30. The molecular formula is C15H28N6O4. The van der Waals surface area contributed by atoms with Gasteiger partial charge < -0.3 is 32.3 Å². The molecule has 10 nitrogen and oxygen atoms in total. The molecule has 0 saturated carbocycles. The van der Waals surface area contributed by atoms with Crippen molar-refractivity contribution in [1.29, 1.82) is 0 Å². The number of nitrogens with zero attached hydrogens (tertiary/aromatic N) is 2. The van der Waals surface area contributed by atoms with Gasteiger partial charge in [-0.3, -0.25) is 19.6 Å². The maximum absolute atomic E-state index is 10.6. The normalized spacial score (nSPS) is 22.4. The summed E-state index contributed by atoms with van der Waals surface area (Å²) in [6.45, 7) is 3.01. The van der Waals surface area contributed by atoms with Gasteiger partial charge in [-0.25, -0.2) is 0 Å². The third-order valence-corrected chi connectivity index (χ3v) is 3.79. The van der Waals surface area contributed by atoms with E-state index in [1.54, 1.807) is 0 Å². The van der Waals surface area contributed by atoms with E-state index in [2.05, 4.69) is 20.6 Å². The second-order valence-electron chi connectivity index (χ2n) is 6.02. The van der Waals surface area contributed by atoms with Crippen LogP contribution >= 0.6 is 0 Å². The van der Waals surface area contributed by atoms with E-state index in [0.717, 1.165) is 12.3 Å². The molecule has 0 aromatic heterocycles. The van der Waals surface area contributed by atoms with Gasteiger partial charge in [-0.15, -0.1) is 0 Å². The van der Waals surface area contributed by atoms with E-state index in [0.29, 0.717) is 44.7 Å². The van der Waals surface area contributed by atoms with Crippen LogP contribution in [0.2, 0.25) is 0 Å². The highest BCUT2D eigenvalue weighted by molar-refractivity contribution is 6.08. The van der Waals surface area contributed by atoms with Crippen molar-refractivity contribution in [3.63, 3.8) is 0 Å². The third kappa shape index (κ3) is 7.94. The number of carboxylic acids is 2. The van der Waals surface area contributed by atoms with Gasteiger partial charge in [-0.2, -0.15) is 0 Å². The Bertz CT molecular complexity index is 522. The van der Waals surface area contributed by atoms with Gasteiger partial charge in [-0.05, 0) is 39.0 Å². The molecule has 0 spiro atoms. The Morgan fingerprint density at radius 1 is 1.04 bits per heavy atom. The molecule has 0 radical (unpaired) electrons. The van der Waals surface area contributed by atoms with E-state index in [1.807, 2.05) is 6.92 Å². The van der Waals surface area contributed by atoms with Crippen molar-refractivity contribution < 1.29 is 19.8 Å². The molecule has 0 aromatic carbocycles. The summed E-state index contributed by atoms with van der Waals surface area (Å²) in [4.78, 5) is 30.0. The molecule has 1 rings (SSSR count). The largest absolute Gasteiger partial charge is 0.480 e. The number of hydrogen-bond donors (Lipinski definition) is 6. The van der Waals surface area contributed by atoms with Crippen molar-refractivity contribution >= 4 is 23.7 Å². The van der Waals surface area contributed by atoms with Crippen molar-refractivity contribution in [2.75, 3.05) is 13.1 Å². The fourth-order valence-electron chi connectivity index (χ4n) is 2.23. The SMILES string of the molecule is CC1NC(=NCCC[C@H](N)C(=O)O)NC1=NCCCC[C@H](N)C(=O)O. The molecule has 1 aliphatic rings. The predicted octanol–water partition coefficient (Wildman–Crippen LogP) is -0.903. The van der Waals surface area contributed by atoms with Crippen LogP contribution in [0, 0.1) is 0 Å². The Balaban J connectivity index is 2.28. The molecule has 10 heteroatoms. The molecule has 8 N–H and O–H groups in total. The molecule has 1 unspecified atom stereocenters. The first kappa shape index (κ1) is 20.8. The number of aliphatic imine (C=N–C) groups is 2. The monoisotopic (exact) mass is 356 g/mol. The van der Waals surface area contributed by atoms with E-state index in [4.69, 9.17) is 21.7 Å². The minimum Gasteiger partial charge on any atom is -0.480 e. The summed E-state index contributed by atoms with van der Waals surface area (Å²) >= 11 is 0. The predicted molar refractivity (Wildman–Crippen MR) is 94.6 cm³/mol. The average molecular weight is 356 g/mol. The lowest BCUT2D eigenvalue weighted by atomic mass is 10.1. The van der Waals surface area contributed by atoms with Crippen LogP contribution in [0.1, 0.15) is 39.0 Å². The van der Waals surface area contributed by atoms with Crippen molar-refractivity contribution in [1.82, 2.24) is 10.6 Å². The molecule has 1 heterocycles. The number of carbonyl (C=O) groups is 2. The number of guanidine groups is 1. The minimum absolute atomic E-state index is 0.0151. The summed E-state index contributed by atoms with van der Waals surface area (Å²) in [5.74, 6) is -0.588. The Labute approximate surface area is 146 Å². The first-order valence-electron chi connectivity index (χ1n) is 8.40. The van der Waals surface area contributed by atoms with Crippen molar-refractivity contribution in [2.24, 2.45) is 21.5 Å². The van der Waals surface area contributed by atoms with Crippen LogP contribution in [-0.2, 0) is 9.59 Å². The van der Waals surface area contributed by atoms with Gasteiger partial charge >= 0.3 is 11.9 Å². The van der Waals surface area contributed by atoms with Crippen LogP contribution in [0.15, 0.2) is 9.98 Å². The summed E-state index contributed by atoms with van der Waals surface area (Å²) < 4.78 is 0. The second-order valence-corrected chi connectivity index (χ2v) is 6.02. The van der Waals surface area contributed by atoms with Gasteiger partial charge in [0.05, 0.1) is 6.04 Å².